The normalized spacial score (nSPS) is 13.9. The number of esters is 4. The lowest BCUT2D eigenvalue weighted by atomic mass is 10.0. The van der Waals surface area contributed by atoms with E-state index in [1.54, 1.807) is 0 Å². The van der Waals surface area contributed by atoms with Crippen LogP contribution in [-0.2, 0) is 65.4 Å². The summed E-state index contributed by atoms with van der Waals surface area (Å²) in [6.07, 6.45) is 59.6. The van der Waals surface area contributed by atoms with Crippen molar-refractivity contribution in [3.8, 4) is 0 Å². The Morgan fingerprint density at radius 2 is 0.469 bits per heavy atom. The molecule has 0 rings (SSSR count). The minimum absolute atomic E-state index is 0.107. The highest BCUT2D eigenvalue weighted by atomic mass is 31.2. The van der Waals surface area contributed by atoms with Crippen LogP contribution in [0.1, 0.15) is 414 Å². The Balaban J connectivity index is 5.26. The largest absolute Gasteiger partial charge is 0.472 e. The number of hydrogen-bond acceptors (Lipinski definition) is 15. The lowest BCUT2D eigenvalue weighted by Gasteiger charge is -2.21. The van der Waals surface area contributed by atoms with Gasteiger partial charge in [0.1, 0.15) is 19.3 Å². The third-order valence-corrected chi connectivity index (χ3v) is 20.4. The number of rotatable bonds is 78. The lowest BCUT2D eigenvalue weighted by Crippen LogP contribution is -2.30. The predicted molar refractivity (Wildman–Crippen MR) is 400 cm³/mol. The van der Waals surface area contributed by atoms with Crippen molar-refractivity contribution < 1.29 is 80.2 Å². The van der Waals surface area contributed by atoms with Gasteiger partial charge in [0.2, 0.25) is 0 Å². The number of carbonyl (C=O) groups is 4. The molecule has 0 aromatic carbocycles. The Labute approximate surface area is 600 Å². The summed E-state index contributed by atoms with van der Waals surface area (Å²) >= 11 is 0. The fraction of sp³-hybridized carbons (Fsp3) is 0.949. The molecule has 0 saturated heterocycles. The zero-order valence-corrected chi connectivity index (χ0v) is 65.9. The van der Waals surface area contributed by atoms with Crippen LogP contribution < -0.4 is 0 Å². The van der Waals surface area contributed by atoms with Gasteiger partial charge in [0.25, 0.3) is 0 Å². The van der Waals surface area contributed by atoms with Crippen molar-refractivity contribution in [2.24, 2.45) is 11.8 Å². The molecule has 0 heterocycles. The molecule has 5 atom stereocenters. The molecule has 0 saturated carbocycles. The molecule has 0 aromatic heterocycles. The van der Waals surface area contributed by atoms with E-state index in [0.29, 0.717) is 25.7 Å². The van der Waals surface area contributed by atoms with E-state index in [0.717, 1.165) is 102 Å². The number of phosphoric ester groups is 2. The summed E-state index contributed by atoms with van der Waals surface area (Å²) < 4.78 is 68.7. The molecular weight excluding hydrogens is 1280 g/mol. The molecule has 0 aromatic rings. The van der Waals surface area contributed by atoms with Crippen molar-refractivity contribution in [3.63, 3.8) is 0 Å². The van der Waals surface area contributed by atoms with Gasteiger partial charge in [-0.3, -0.25) is 37.3 Å². The zero-order valence-electron chi connectivity index (χ0n) is 64.1. The van der Waals surface area contributed by atoms with Gasteiger partial charge in [0.05, 0.1) is 26.4 Å². The number of phosphoric acid groups is 2. The predicted octanol–water partition coefficient (Wildman–Crippen LogP) is 23.5. The van der Waals surface area contributed by atoms with Crippen LogP contribution >= 0.6 is 15.6 Å². The standard InChI is InChI=1S/C79H154O17P2/c1-7-9-11-13-15-17-19-21-23-25-27-32-36-43-49-55-61-76(81)89-67-74(95-78(83)63-57-51-45-37-33-28-26-24-22-20-18-16-14-12-10-8-2)69-93-97(85,86)91-65-73(80)66-92-98(87,88)94-70-75(68-90-77(82)62-56-50-44-40-39-42-48-54-60-72(5)6)96-79(84)64-58-52-46-38-34-30-29-31-35-41-47-53-59-71(3)4/h71-75,80H,7-70H2,1-6H3,(H,85,86)(H,87,88)/t73-,74-,75-/m1/s1. The minimum Gasteiger partial charge on any atom is -0.462 e. The van der Waals surface area contributed by atoms with Crippen LogP contribution in [0.2, 0.25) is 0 Å². The fourth-order valence-electron chi connectivity index (χ4n) is 12.2. The summed E-state index contributed by atoms with van der Waals surface area (Å²) in [5, 5.41) is 10.6. The SMILES string of the molecule is CCCCCCCCCCCCCCCCCCC(=O)OC[C@H](COP(=O)(O)OC[C@@H](O)COP(=O)(O)OC[C@@H](COC(=O)CCCCCCCCCCC(C)C)OC(=O)CCCCCCCCCCCCCCC(C)C)OC(=O)CCCCCCCCCCCCCCCCCC. The highest BCUT2D eigenvalue weighted by molar-refractivity contribution is 7.47. The second kappa shape index (κ2) is 70.7. The highest BCUT2D eigenvalue weighted by Gasteiger charge is 2.30. The summed E-state index contributed by atoms with van der Waals surface area (Å²) in [7, 11) is -9.92. The number of ether oxygens (including phenoxy) is 4. The molecule has 0 aliphatic rings. The molecule has 0 aliphatic carbocycles. The maximum Gasteiger partial charge on any atom is 0.472 e. The van der Waals surface area contributed by atoms with Gasteiger partial charge in [-0.05, 0) is 37.5 Å². The molecule has 0 fully saturated rings. The molecule has 0 radical (unpaired) electrons. The second-order valence-corrected chi connectivity index (χ2v) is 32.3. The van der Waals surface area contributed by atoms with Crippen LogP contribution in [0.3, 0.4) is 0 Å². The Kier molecular flexibility index (Phi) is 69.3. The van der Waals surface area contributed by atoms with Gasteiger partial charge >= 0.3 is 39.5 Å². The fourth-order valence-corrected chi connectivity index (χ4v) is 13.8. The van der Waals surface area contributed by atoms with Crippen LogP contribution in [0.4, 0.5) is 0 Å². The van der Waals surface area contributed by atoms with Crippen LogP contribution in [0.25, 0.3) is 0 Å². The van der Waals surface area contributed by atoms with Crippen molar-refractivity contribution in [1.29, 1.82) is 0 Å². The molecule has 582 valence electrons. The third kappa shape index (κ3) is 72.4. The monoisotopic (exact) mass is 1440 g/mol. The van der Waals surface area contributed by atoms with E-state index in [-0.39, 0.29) is 25.7 Å². The van der Waals surface area contributed by atoms with E-state index in [4.69, 9.17) is 37.0 Å². The summed E-state index contributed by atoms with van der Waals surface area (Å²) in [4.78, 5) is 73.0. The van der Waals surface area contributed by atoms with E-state index in [1.165, 1.54) is 231 Å². The average Bonchev–Trinajstić information content (AvgIpc) is 0.977. The molecule has 2 unspecified atom stereocenters. The number of carbonyl (C=O) groups excluding carboxylic acids is 4. The Morgan fingerprint density at radius 1 is 0.276 bits per heavy atom. The van der Waals surface area contributed by atoms with Gasteiger partial charge in [-0.2, -0.15) is 0 Å². The summed E-state index contributed by atoms with van der Waals surface area (Å²) in [5.74, 6) is -0.607. The van der Waals surface area contributed by atoms with Gasteiger partial charge in [-0.15, -0.1) is 0 Å². The maximum absolute atomic E-state index is 13.1. The lowest BCUT2D eigenvalue weighted by molar-refractivity contribution is -0.161. The van der Waals surface area contributed by atoms with Crippen LogP contribution in [0.15, 0.2) is 0 Å². The molecule has 3 N–H and O–H groups in total. The molecule has 17 nitrogen and oxygen atoms in total. The topological polar surface area (TPSA) is 237 Å². The average molecular weight is 1440 g/mol. The first-order valence-corrected chi connectivity index (χ1v) is 44.0. The number of aliphatic hydroxyl groups is 1. The minimum atomic E-state index is -4.96. The van der Waals surface area contributed by atoms with Crippen LogP contribution in [-0.4, -0.2) is 96.7 Å². The first-order chi connectivity index (χ1) is 47.4. The van der Waals surface area contributed by atoms with E-state index >= 15 is 0 Å². The van der Waals surface area contributed by atoms with Gasteiger partial charge < -0.3 is 33.8 Å². The quantitative estimate of drug-likeness (QED) is 0.0222. The van der Waals surface area contributed by atoms with E-state index in [9.17, 15) is 43.2 Å². The summed E-state index contributed by atoms with van der Waals surface area (Å²) in [6, 6.07) is 0. The first-order valence-electron chi connectivity index (χ1n) is 41.0. The smallest absolute Gasteiger partial charge is 0.462 e. The summed E-state index contributed by atoms with van der Waals surface area (Å²) in [5.41, 5.74) is 0. The van der Waals surface area contributed by atoms with Crippen molar-refractivity contribution in [3.05, 3.63) is 0 Å². The maximum atomic E-state index is 13.1. The van der Waals surface area contributed by atoms with Crippen LogP contribution in [0, 0.1) is 11.8 Å². The first kappa shape index (κ1) is 96.1. The number of aliphatic hydroxyl groups excluding tert-OH is 1. The van der Waals surface area contributed by atoms with Crippen molar-refractivity contribution >= 4 is 39.5 Å². The molecule has 98 heavy (non-hydrogen) atoms. The Morgan fingerprint density at radius 3 is 0.694 bits per heavy atom. The number of hydrogen-bond donors (Lipinski definition) is 3. The molecular formula is C79H154O17P2. The van der Waals surface area contributed by atoms with Gasteiger partial charge in [-0.1, -0.05) is 363 Å². The second-order valence-electron chi connectivity index (χ2n) is 29.4. The Hall–Kier alpha value is -1.94. The molecule has 0 spiro atoms. The van der Waals surface area contributed by atoms with Crippen molar-refractivity contribution in [2.75, 3.05) is 39.6 Å². The van der Waals surface area contributed by atoms with E-state index in [2.05, 4.69) is 41.5 Å². The Bertz CT molecular complexity index is 1890. The van der Waals surface area contributed by atoms with Gasteiger partial charge in [-0.25, -0.2) is 9.13 Å². The molecule has 19 heteroatoms. The van der Waals surface area contributed by atoms with Crippen molar-refractivity contribution in [2.45, 2.75) is 432 Å². The highest BCUT2D eigenvalue weighted by Crippen LogP contribution is 2.45. The van der Waals surface area contributed by atoms with Gasteiger partial charge in [0.15, 0.2) is 12.2 Å². The van der Waals surface area contributed by atoms with Crippen molar-refractivity contribution in [1.82, 2.24) is 0 Å². The van der Waals surface area contributed by atoms with E-state index < -0.39 is 97.5 Å². The molecule has 0 bridgehead atoms. The molecule has 0 aliphatic heterocycles. The zero-order chi connectivity index (χ0) is 72.1. The van der Waals surface area contributed by atoms with Gasteiger partial charge in [0, 0.05) is 25.7 Å². The van der Waals surface area contributed by atoms with E-state index in [1.807, 2.05) is 0 Å². The molecule has 0 amide bonds. The number of unbranched alkanes of at least 4 members (excludes halogenated alkanes) is 48. The van der Waals surface area contributed by atoms with Crippen LogP contribution in [0.5, 0.6) is 0 Å². The summed E-state index contributed by atoms with van der Waals surface area (Å²) in [6.45, 7) is 9.60. The third-order valence-electron chi connectivity index (χ3n) is 18.5.